The zero-order valence-corrected chi connectivity index (χ0v) is 16.3. The minimum Gasteiger partial charge on any atom is -0.345 e. The van der Waals surface area contributed by atoms with E-state index < -0.39 is 0 Å². The lowest BCUT2D eigenvalue weighted by atomic mass is 10.2. The van der Waals surface area contributed by atoms with Crippen LogP contribution in [0.25, 0.3) is 0 Å². The van der Waals surface area contributed by atoms with E-state index in [-0.39, 0.29) is 5.91 Å². The SMILES string of the molecule is Cn1cc(Br)cc1C(=O)Nc1nnc(SCc2ccc(C#N)cc2)s1. The summed E-state index contributed by atoms with van der Waals surface area (Å²) < 4.78 is 3.35. The highest BCUT2D eigenvalue weighted by molar-refractivity contribution is 9.10. The van der Waals surface area contributed by atoms with Crippen LogP contribution in [0.3, 0.4) is 0 Å². The summed E-state index contributed by atoms with van der Waals surface area (Å²) in [7, 11) is 1.80. The van der Waals surface area contributed by atoms with Crippen LogP contribution in [0.15, 0.2) is 45.3 Å². The molecule has 25 heavy (non-hydrogen) atoms. The average Bonchev–Trinajstić information content (AvgIpc) is 3.19. The second kappa shape index (κ2) is 7.82. The first-order chi connectivity index (χ1) is 12.0. The number of aryl methyl sites for hydroxylation is 1. The Bertz CT molecular complexity index is 942. The number of nitriles is 1. The number of rotatable bonds is 5. The topological polar surface area (TPSA) is 83.6 Å². The van der Waals surface area contributed by atoms with Gasteiger partial charge in [0.1, 0.15) is 5.69 Å². The van der Waals surface area contributed by atoms with E-state index in [1.807, 2.05) is 18.3 Å². The molecule has 1 amide bonds. The number of nitrogens with one attached hydrogen (secondary N) is 1. The molecule has 0 saturated carbocycles. The normalized spacial score (nSPS) is 10.4. The van der Waals surface area contributed by atoms with Gasteiger partial charge in [-0.3, -0.25) is 10.1 Å². The lowest BCUT2D eigenvalue weighted by Crippen LogP contribution is -2.15. The minimum absolute atomic E-state index is 0.229. The van der Waals surface area contributed by atoms with Crippen molar-refractivity contribution in [1.82, 2.24) is 14.8 Å². The number of thioether (sulfide) groups is 1. The third kappa shape index (κ3) is 4.48. The van der Waals surface area contributed by atoms with Gasteiger partial charge in [0.25, 0.3) is 5.91 Å². The number of aromatic nitrogens is 3. The molecule has 0 saturated heterocycles. The van der Waals surface area contributed by atoms with E-state index in [2.05, 4.69) is 37.5 Å². The fourth-order valence-corrected chi connectivity index (χ4v) is 4.28. The van der Waals surface area contributed by atoms with Gasteiger partial charge in [0.05, 0.1) is 11.6 Å². The summed E-state index contributed by atoms with van der Waals surface area (Å²) in [6, 6.07) is 11.3. The Hall–Kier alpha value is -2.15. The molecule has 2 aromatic heterocycles. The number of hydrogen-bond donors (Lipinski definition) is 1. The molecule has 0 unspecified atom stereocenters. The number of benzene rings is 1. The number of halogens is 1. The predicted molar refractivity (Wildman–Crippen MR) is 102 cm³/mol. The number of carbonyl (C=O) groups is 1. The van der Waals surface area contributed by atoms with E-state index >= 15 is 0 Å². The molecule has 9 heteroatoms. The van der Waals surface area contributed by atoms with E-state index in [4.69, 9.17) is 5.26 Å². The molecule has 126 valence electrons. The molecule has 0 aliphatic carbocycles. The third-order valence-electron chi connectivity index (χ3n) is 3.28. The Morgan fingerprint density at radius 2 is 2.16 bits per heavy atom. The Balaban J connectivity index is 1.59. The fourth-order valence-electron chi connectivity index (χ4n) is 2.05. The van der Waals surface area contributed by atoms with Gasteiger partial charge in [0, 0.05) is 23.5 Å². The summed E-state index contributed by atoms with van der Waals surface area (Å²) in [6.07, 6.45) is 1.81. The molecule has 0 bridgehead atoms. The molecule has 2 heterocycles. The summed E-state index contributed by atoms with van der Waals surface area (Å²) in [5.41, 5.74) is 2.27. The molecular weight excluding hydrogens is 422 g/mol. The average molecular weight is 434 g/mol. The smallest absolute Gasteiger partial charge is 0.274 e. The molecule has 0 atom stereocenters. The number of carbonyl (C=O) groups excluding carboxylic acids is 1. The summed E-state index contributed by atoms with van der Waals surface area (Å²) in [4.78, 5) is 12.3. The summed E-state index contributed by atoms with van der Waals surface area (Å²) in [5, 5.41) is 20.1. The maximum Gasteiger partial charge on any atom is 0.274 e. The fraction of sp³-hybridized carbons (Fsp3) is 0.125. The summed E-state index contributed by atoms with van der Waals surface area (Å²) in [6.45, 7) is 0. The van der Waals surface area contributed by atoms with Crippen molar-refractivity contribution in [3.05, 3.63) is 57.8 Å². The van der Waals surface area contributed by atoms with Crippen LogP contribution in [0, 0.1) is 11.3 Å². The van der Waals surface area contributed by atoms with E-state index in [9.17, 15) is 4.79 Å². The van der Waals surface area contributed by atoms with Gasteiger partial charge in [-0.1, -0.05) is 35.2 Å². The molecule has 0 fully saturated rings. The van der Waals surface area contributed by atoms with Gasteiger partial charge in [-0.05, 0) is 39.7 Å². The lowest BCUT2D eigenvalue weighted by Gasteiger charge is -2.01. The monoisotopic (exact) mass is 433 g/mol. The van der Waals surface area contributed by atoms with Crippen LogP contribution in [-0.4, -0.2) is 20.7 Å². The van der Waals surface area contributed by atoms with Crippen molar-refractivity contribution in [2.75, 3.05) is 5.32 Å². The summed E-state index contributed by atoms with van der Waals surface area (Å²) >= 11 is 6.21. The predicted octanol–water partition coefficient (Wildman–Crippen LogP) is 4.06. The highest BCUT2D eigenvalue weighted by Crippen LogP contribution is 2.28. The van der Waals surface area contributed by atoms with E-state index in [1.165, 1.54) is 23.1 Å². The van der Waals surface area contributed by atoms with Crippen LogP contribution in [0.2, 0.25) is 0 Å². The van der Waals surface area contributed by atoms with Crippen molar-refractivity contribution in [1.29, 1.82) is 5.26 Å². The van der Waals surface area contributed by atoms with Crippen molar-refractivity contribution in [3.8, 4) is 6.07 Å². The minimum atomic E-state index is -0.229. The molecular formula is C16H12BrN5OS2. The zero-order valence-electron chi connectivity index (χ0n) is 13.1. The Morgan fingerprint density at radius 1 is 1.40 bits per heavy atom. The first-order valence-corrected chi connectivity index (χ1v) is 9.73. The molecule has 0 radical (unpaired) electrons. The molecule has 1 aromatic carbocycles. The van der Waals surface area contributed by atoms with Crippen molar-refractivity contribution < 1.29 is 4.79 Å². The van der Waals surface area contributed by atoms with Gasteiger partial charge in [-0.25, -0.2) is 0 Å². The van der Waals surface area contributed by atoms with Crippen LogP contribution < -0.4 is 5.32 Å². The van der Waals surface area contributed by atoms with E-state index in [0.29, 0.717) is 16.4 Å². The quantitative estimate of drug-likeness (QED) is 0.484. The number of anilines is 1. The second-order valence-electron chi connectivity index (χ2n) is 5.08. The van der Waals surface area contributed by atoms with Gasteiger partial charge < -0.3 is 4.57 Å². The van der Waals surface area contributed by atoms with Gasteiger partial charge in [0.2, 0.25) is 5.13 Å². The first kappa shape index (κ1) is 17.7. The molecule has 3 rings (SSSR count). The summed E-state index contributed by atoms with van der Waals surface area (Å²) in [5.74, 6) is 0.493. The Morgan fingerprint density at radius 3 is 2.80 bits per heavy atom. The largest absolute Gasteiger partial charge is 0.345 e. The van der Waals surface area contributed by atoms with Crippen molar-refractivity contribution in [2.24, 2.45) is 7.05 Å². The molecule has 1 N–H and O–H groups in total. The van der Waals surface area contributed by atoms with Crippen molar-refractivity contribution >= 4 is 50.1 Å². The number of nitrogens with zero attached hydrogens (tertiary/aromatic N) is 4. The number of amides is 1. The number of hydrogen-bond acceptors (Lipinski definition) is 6. The van der Waals surface area contributed by atoms with Crippen molar-refractivity contribution in [3.63, 3.8) is 0 Å². The Labute approximate surface area is 161 Å². The molecule has 6 nitrogen and oxygen atoms in total. The molecule has 0 aliphatic heterocycles. The zero-order chi connectivity index (χ0) is 17.8. The lowest BCUT2D eigenvalue weighted by molar-refractivity contribution is 0.101. The van der Waals surface area contributed by atoms with Gasteiger partial charge in [0.15, 0.2) is 4.34 Å². The standard InChI is InChI=1S/C16H12BrN5OS2/c1-22-8-12(17)6-13(22)14(23)19-15-20-21-16(25-15)24-9-11-4-2-10(7-18)3-5-11/h2-6,8H,9H2,1H3,(H,19,20,23). The van der Waals surface area contributed by atoms with Crippen molar-refractivity contribution in [2.45, 2.75) is 10.1 Å². The highest BCUT2D eigenvalue weighted by atomic mass is 79.9. The van der Waals surface area contributed by atoms with Gasteiger partial charge >= 0.3 is 0 Å². The van der Waals surface area contributed by atoms with E-state index in [0.717, 1.165) is 20.1 Å². The molecule has 0 aliphatic rings. The second-order valence-corrected chi connectivity index (χ2v) is 8.19. The third-order valence-corrected chi connectivity index (χ3v) is 5.75. The molecule has 3 aromatic rings. The Kier molecular flexibility index (Phi) is 5.53. The van der Waals surface area contributed by atoms with Crippen LogP contribution in [0.5, 0.6) is 0 Å². The van der Waals surface area contributed by atoms with Crippen LogP contribution in [0.1, 0.15) is 21.6 Å². The maximum atomic E-state index is 12.3. The van der Waals surface area contributed by atoms with Gasteiger partial charge in [-0.2, -0.15) is 5.26 Å². The first-order valence-electron chi connectivity index (χ1n) is 7.13. The van der Waals surface area contributed by atoms with E-state index in [1.54, 1.807) is 29.8 Å². The maximum absolute atomic E-state index is 12.3. The molecule has 0 spiro atoms. The van der Waals surface area contributed by atoms with Gasteiger partial charge in [-0.15, -0.1) is 10.2 Å². The van der Waals surface area contributed by atoms with Crippen LogP contribution in [0.4, 0.5) is 5.13 Å². The van der Waals surface area contributed by atoms with Crippen LogP contribution in [-0.2, 0) is 12.8 Å². The highest BCUT2D eigenvalue weighted by Gasteiger charge is 2.14. The van der Waals surface area contributed by atoms with Crippen LogP contribution >= 0.6 is 39.0 Å².